The van der Waals surface area contributed by atoms with Crippen LogP contribution in [-0.2, 0) is 13.1 Å². The molecule has 118 valence electrons. The number of aryl methyl sites for hydroxylation is 2. The average molecular weight is 317 g/mol. The molecule has 2 aliphatic heterocycles. The molecule has 2 bridgehead atoms. The number of hydrogen-bond acceptors (Lipinski definition) is 5. The standard InChI is InChI=1S/C17H23N3OS/c1-12-17(13(2)21-18-12)11-19-7-14-6-15(9-19)20(8-14)10-16-4-3-5-22-16/h3-5,14-15H,6-11H2,1-2H3/t14-,15+/m1/s1. The first kappa shape index (κ1) is 14.4. The molecule has 0 unspecified atom stereocenters. The lowest BCUT2D eigenvalue weighted by Crippen LogP contribution is -2.41. The fraction of sp³-hybridized carbons (Fsp3) is 0.588. The Hall–Kier alpha value is -1.17. The van der Waals surface area contributed by atoms with Crippen LogP contribution < -0.4 is 0 Å². The first-order chi connectivity index (χ1) is 10.7. The Bertz CT molecular complexity index is 617. The first-order valence-corrected chi connectivity index (χ1v) is 8.97. The molecule has 4 heterocycles. The SMILES string of the molecule is Cc1noc(C)c1CN1C[C@H]2C[C@@H](C1)N(Cc1cccs1)C2. The monoisotopic (exact) mass is 317 g/mol. The van der Waals surface area contributed by atoms with E-state index in [1.54, 1.807) is 0 Å². The molecule has 0 radical (unpaired) electrons. The van der Waals surface area contributed by atoms with Crippen LogP contribution in [0.5, 0.6) is 0 Å². The van der Waals surface area contributed by atoms with Crippen LogP contribution in [0.3, 0.4) is 0 Å². The molecule has 4 rings (SSSR count). The Labute approximate surface area is 135 Å². The van der Waals surface area contributed by atoms with Crippen molar-refractivity contribution >= 4 is 11.3 Å². The highest BCUT2D eigenvalue weighted by atomic mass is 32.1. The Balaban J connectivity index is 1.42. The first-order valence-electron chi connectivity index (χ1n) is 8.09. The number of likely N-dealkylation sites (tertiary alicyclic amines) is 2. The maximum absolute atomic E-state index is 5.31. The average Bonchev–Trinajstić information content (AvgIpc) is 3.18. The quantitative estimate of drug-likeness (QED) is 0.867. The summed E-state index contributed by atoms with van der Waals surface area (Å²) in [6.07, 6.45) is 1.36. The highest BCUT2D eigenvalue weighted by Gasteiger charge is 2.38. The Kier molecular flexibility index (Phi) is 3.80. The van der Waals surface area contributed by atoms with Crippen LogP contribution in [0.25, 0.3) is 0 Å². The van der Waals surface area contributed by atoms with Gasteiger partial charge in [-0.05, 0) is 37.6 Å². The van der Waals surface area contributed by atoms with Gasteiger partial charge >= 0.3 is 0 Å². The zero-order chi connectivity index (χ0) is 15.1. The minimum Gasteiger partial charge on any atom is -0.361 e. The summed E-state index contributed by atoms with van der Waals surface area (Å²) >= 11 is 1.88. The van der Waals surface area contributed by atoms with Crippen molar-refractivity contribution in [2.45, 2.75) is 39.4 Å². The summed E-state index contributed by atoms with van der Waals surface area (Å²) < 4.78 is 5.31. The summed E-state index contributed by atoms with van der Waals surface area (Å²) in [5.41, 5.74) is 2.33. The summed E-state index contributed by atoms with van der Waals surface area (Å²) in [4.78, 5) is 6.77. The largest absolute Gasteiger partial charge is 0.361 e. The second kappa shape index (κ2) is 5.80. The van der Waals surface area contributed by atoms with Crippen molar-refractivity contribution < 1.29 is 4.52 Å². The topological polar surface area (TPSA) is 32.5 Å². The number of thiophene rings is 1. The van der Waals surface area contributed by atoms with E-state index >= 15 is 0 Å². The van der Waals surface area contributed by atoms with Crippen LogP contribution in [0.4, 0.5) is 0 Å². The van der Waals surface area contributed by atoms with Crippen LogP contribution in [0.2, 0.25) is 0 Å². The van der Waals surface area contributed by atoms with Gasteiger partial charge in [0, 0.05) is 49.2 Å². The van der Waals surface area contributed by atoms with Gasteiger partial charge in [-0.1, -0.05) is 11.2 Å². The van der Waals surface area contributed by atoms with E-state index in [4.69, 9.17) is 4.52 Å². The third-order valence-corrected chi connectivity index (χ3v) is 5.96. The van der Waals surface area contributed by atoms with Crippen molar-refractivity contribution in [2.75, 3.05) is 19.6 Å². The molecule has 0 amide bonds. The van der Waals surface area contributed by atoms with Gasteiger partial charge in [0.15, 0.2) is 0 Å². The summed E-state index contributed by atoms with van der Waals surface area (Å²) in [5.74, 6) is 1.80. The van der Waals surface area contributed by atoms with Gasteiger partial charge in [-0.2, -0.15) is 0 Å². The normalized spacial score (nSPS) is 25.9. The lowest BCUT2D eigenvalue weighted by molar-refractivity contribution is 0.153. The van der Waals surface area contributed by atoms with Gasteiger partial charge < -0.3 is 4.52 Å². The summed E-state index contributed by atoms with van der Waals surface area (Å²) in [6.45, 7) is 9.82. The minimum absolute atomic E-state index is 0.710. The second-order valence-electron chi connectivity index (χ2n) is 6.76. The van der Waals surface area contributed by atoms with E-state index in [-0.39, 0.29) is 0 Å². The molecule has 22 heavy (non-hydrogen) atoms. The van der Waals surface area contributed by atoms with E-state index in [2.05, 4.69) is 32.5 Å². The zero-order valence-corrected chi connectivity index (χ0v) is 14.1. The number of aromatic nitrogens is 1. The predicted molar refractivity (Wildman–Crippen MR) is 87.9 cm³/mol. The third-order valence-electron chi connectivity index (χ3n) is 5.10. The second-order valence-corrected chi connectivity index (χ2v) is 7.79. The van der Waals surface area contributed by atoms with E-state index in [1.165, 1.54) is 36.5 Å². The molecule has 4 nitrogen and oxygen atoms in total. The molecular formula is C17H23N3OS. The Morgan fingerprint density at radius 1 is 1.27 bits per heavy atom. The number of hydrogen-bond donors (Lipinski definition) is 0. The number of piperidine rings is 1. The molecular weight excluding hydrogens is 294 g/mol. The van der Waals surface area contributed by atoms with E-state index in [1.807, 2.05) is 25.2 Å². The van der Waals surface area contributed by atoms with Crippen molar-refractivity contribution in [3.05, 3.63) is 39.4 Å². The molecule has 2 atom stereocenters. The zero-order valence-electron chi connectivity index (χ0n) is 13.3. The maximum atomic E-state index is 5.31. The fourth-order valence-electron chi connectivity index (χ4n) is 4.03. The smallest absolute Gasteiger partial charge is 0.138 e. The van der Waals surface area contributed by atoms with Gasteiger partial charge in [-0.15, -0.1) is 11.3 Å². The Morgan fingerprint density at radius 3 is 2.91 bits per heavy atom. The highest BCUT2D eigenvalue weighted by molar-refractivity contribution is 7.09. The predicted octanol–water partition coefficient (Wildman–Crippen LogP) is 3.06. The summed E-state index contributed by atoms with van der Waals surface area (Å²) in [6, 6.07) is 5.13. The number of fused-ring (bicyclic) bond motifs is 2. The molecule has 2 fully saturated rings. The number of nitrogens with zero attached hydrogens (tertiary/aromatic N) is 3. The Morgan fingerprint density at radius 2 is 2.18 bits per heavy atom. The van der Waals surface area contributed by atoms with Crippen LogP contribution in [0, 0.1) is 19.8 Å². The van der Waals surface area contributed by atoms with Gasteiger partial charge in [-0.25, -0.2) is 0 Å². The van der Waals surface area contributed by atoms with Gasteiger partial charge in [0.2, 0.25) is 0 Å². The van der Waals surface area contributed by atoms with Gasteiger partial charge in [-0.3, -0.25) is 9.80 Å². The molecule has 2 aliphatic rings. The molecule has 2 aromatic heterocycles. The summed E-state index contributed by atoms with van der Waals surface area (Å²) in [5, 5.41) is 6.27. The van der Waals surface area contributed by atoms with Crippen molar-refractivity contribution in [1.82, 2.24) is 15.0 Å². The number of rotatable bonds is 4. The fourth-order valence-corrected chi connectivity index (χ4v) is 4.76. The lowest BCUT2D eigenvalue weighted by Gasteiger charge is -2.32. The van der Waals surface area contributed by atoms with E-state index in [9.17, 15) is 0 Å². The van der Waals surface area contributed by atoms with Crippen LogP contribution in [-0.4, -0.2) is 40.6 Å². The summed E-state index contributed by atoms with van der Waals surface area (Å²) in [7, 11) is 0. The molecule has 0 N–H and O–H groups in total. The van der Waals surface area contributed by atoms with Gasteiger partial charge in [0.25, 0.3) is 0 Å². The lowest BCUT2D eigenvalue weighted by atomic mass is 9.99. The highest BCUT2D eigenvalue weighted by Crippen LogP contribution is 2.32. The third kappa shape index (κ3) is 2.73. The van der Waals surface area contributed by atoms with Gasteiger partial charge in [0.05, 0.1) is 5.69 Å². The van der Waals surface area contributed by atoms with Crippen molar-refractivity contribution in [3.8, 4) is 0 Å². The van der Waals surface area contributed by atoms with Crippen molar-refractivity contribution in [2.24, 2.45) is 5.92 Å². The van der Waals surface area contributed by atoms with E-state index in [0.717, 1.165) is 30.5 Å². The molecule has 2 aromatic rings. The molecule has 0 spiro atoms. The van der Waals surface area contributed by atoms with Gasteiger partial charge in [0.1, 0.15) is 5.76 Å². The maximum Gasteiger partial charge on any atom is 0.138 e. The molecule has 0 aromatic carbocycles. The van der Waals surface area contributed by atoms with Crippen molar-refractivity contribution in [3.63, 3.8) is 0 Å². The molecule has 0 saturated carbocycles. The van der Waals surface area contributed by atoms with Crippen LogP contribution in [0.15, 0.2) is 22.0 Å². The minimum atomic E-state index is 0.710. The van der Waals surface area contributed by atoms with Crippen LogP contribution in [0.1, 0.15) is 28.3 Å². The van der Waals surface area contributed by atoms with Crippen LogP contribution >= 0.6 is 11.3 Å². The van der Waals surface area contributed by atoms with Crippen molar-refractivity contribution in [1.29, 1.82) is 0 Å². The molecule has 2 saturated heterocycles. The van der Waals surface area contributed by atoms with E-state index in [0.29, 0.717) is 6.04 Å². The molecule has 5 heteroatoms. The van der Waals surface area contributed by atoms with E-state index < -0.39 is 0 Å². The molecule has 0 aliphatic carbocycles.